The first-order valence-corrected chi connectivity index (χ1v) is 6.39. The fourth-order valence-electron chi connectivity index (χ4n) is 1.57. The molecular weight excluding hydrogens is 234 g/mol. The Hall–Kier alpha value is -1.10. The number of amides is 1. The smallest absolute Gasteiger partial charge is 0.316 e. The van der Waals surface area contributed by atoms with Gasteiger partial charge in [0.25, 0.3) is 0 Å². The van der Waals surface area contributed by atoms with Crippen LogP contribution in [0.2, 0.25) is 0 Å². The van der Waals surface area contributed by atoms with Crippen molar-refractivity contribution >= 4 is 11.9 Å². The third-order valence-electron chi connectivity index (χ3n) is 2.56. The second kappa shape index (κ2) is 8.08. The number of carboxylic acids is 1. The van der Waals surface area contributed by atoms with Crippen molar-refractivity contribution in [2.45, 2.75) is 40.5 Å². The quantitative estimate of drug-likeness (QED) is 0.513. The van der Waals surface area contributed by atoms with Gasteiger partial charge < -0.3 is 15.2 Å². The largest absolute Gasteiger partial charge is 0.481 e. The van der Waals surface area contributed by atoms with Crippen LogP contribution in [0.15, 0.2) is 0 Å². The SMILES string of the molecule is CCCCOCCNC(=O)C(C(=O)O)C(C)(C)C. The molecule has 0 aromatic heterocycles. The topological polar surface area (TPSA) is 75.6 Å². The summed E-state index contributed by atoms with van der Waals surface area (Å²) in [6.07, 6.45) is 2.06. The van der Waals surface area contributed by atoms with Crippen molar-refractivity contribution in [2.75, 3.05) is 19.8 Å². The Labute approximate surface area is 109 Å². The van der Waals surface area contributed by atoms with Gasteiger partial charge in [0.15, 0.2) is 0 Å². The first-order valence-electron chi connectivity index (χ1n) is 6.39. The van der Waals surface area contributed by atoms with E-state index in [1.807, 2.05) is 0 Å². The van der Waals surface area contributed by atoms with Crippen molar-refractivity contribution in [3.05, 3.63) is 0 Å². The number of aliphatic carboxylic acids is 1. The molecule has 18 heavy (non-hydrogen) atoms. The number of hydrogen-bond donors (Lipinski definition) is 2. The van der Waals surface area contributed by atoms with Crippen LogP contribution in [-0.4, -0.2) is 36.7 Å². The molecule has 0 radical (unpaired) electrons. The summed E-state index contributed by atoms with van der Waals surface area (Å²) in [5, 5.41) is 11.7. The predicted octanol–water partition coefficient (Wildman–Crippen LogP) is 1.67. The number of nitrogens with one attached hydrogen (secondary N) is 1. The van der Waals surface area contributed by atoms with E-state index in [4.69, 9.17) is 9.84 Å². The fourth-order valence-corrected chi connectivity index (χ4v) is 1.57. The maximum absolute atomic E-state index is 11.8. The lowest BCUT2D eigenvalue weighted by Crippen LogP contribution is -2.43. The van der Waals surface area contributed by atoms with Crippen LogP contribution < -0.4 is 5.32 Å². The number of ether oxygens (including phenoxy) is 1. The van der Waals surface area contributed by atoms with Crippen molar-refractivity contribution in [3.8, 4) is 0 Å². The highest BCUT2D eigenvalue weighted by molar-refractivity contribution is 5.97. The van der Waals surface area contributed by atoms with Gasteiger partial charge in [0.05, 0.1) is 6.61 Å². The van der Waals surface area contributed by atoms with E-state index in [0.717, 1.165) is 12.8 Å². The standard InChI is InChI=1S/C13H25NO4/c1-5-6-8-18-9-7-14-11(15)10(12(16)17)13(2,3)4/h10H,5-9H2,1-4H3,(H,14,15)(H,16,17). The number of carbonyl (C=O) groups is 2. The minimum absolute atomic E-state index is 0.350. The molecule has 5 nitrogen and oxygen atoms in total. The van der Waals surface area contributed by atoms with Crippen molar-refractivity contribution in [1.82, 2.24) is 5.32 Å². The van der Waals surface area contributed by atoms with Crippen LogP contribution in [0, 0.1) is 11.3 Å². The summed E-state index contributed by atoms with van der Waals surface area (Å²) in [5.74, 6) is -2.57. The van der Waals surface area contributed by atoms with Crippen molar-refractivity contribution in [1.29, 1.82) is 0 Å². The Morgan fingerprint density at radius 1 is 1.28 bits per heavy atom. The summed E-state index contributed by atoms with van der Waals surface area (Å²) in [4.78, 5) is 22.8. The molecule has 5 heteroatoms. The van der Waals surface area contributed by atoms with E-state index in [0.29, 0.717) is 19.8 Å². The van der Waals surface area contributed by atoms with Gasteiger partial charge in [0.2, 0.25) is 5.91 Å². The third kappa shape index (κ3) is 6.59. The average molecular weight is 259 g/mol. The highest BCUT2D eigenvalue weighted by Gasteiger charge is 2.37. The highest BCUT2D eigenvalue weighted by Crippen LogP contribution is 2.26. The van der Waals surface area contributed by atoms with Gasteiger partial charge in [-0.1, -0.05) is 34.1 Å². The molecule has 1 amide bonds. The maximum atomic E-state index is 11.8. The van der Waals surface area contributed by atoms with Crippen LogP contribution >= 0.6 is 0 Å². The second-order valence-electron chi connectivity index (χ2n) is 5.39. The molecule has 0 aliphatic heterocycles. The van der Waals surface area contributed by atoms with E-state index >= 15 is 0 Å². The van der Waals surface area contributed by atoms with Gasteiger partial charge in [-0.25, -0.2) is 0 Å². The van der Waals surface area contributed by atoms with E-state index in [-0.39, 0.29) is 0 Å². The minimum Gasteiger partial charge on any atom is -0.481 e. The molecule has 106 valence electrons. The maximum Gasteiger partial charge on any atom is 0.316 e. The molecule has 1 atom stereocenters. The molecule has 0 spiro atoms. The average Bonchev–Trinajstić information content (AvgIpc) is 2.20. The zero-order valence-corrected chi connectivity index (χ0v) is 11.8. The Balaban J connectivity index is 4.02. The van der Waals surface area contributed by atoms with E-state index in [1.165, 1.54) is 0 Å². The summed E-state index contributed by atoms with van der Waals surface area (Å²) < 4.78 is 5.29. The lowest BCUT2D eigenvalue weighted by Gasteiger charge is -2.25. The number of carboxylic acid groups (broad SMARTS) is 1. The number of unbranched alkanes of at least 4 members (excludes halogenated alkanes) is 1. The molecule has 0 aromatic carbocycles. The van der Waals surface area contributed by atoms with Gasteiger partial charge in [0, 0.05) is 13.2 Å². The molecule has 1 unspecified atom stereocenters. The summed E-state index contributed by atoms with van der Waals surface area (Å²) in [6.45, 7) is 8.74. The van der Waals surface area contributed by atoms with Gasteiger partial charge in [-0.05, 0) is 11.8 Å². The van der Waals surface area contributed by atoms with E-state index < -0.39 is 23.2 Å². The van der Waals surface area contributed by atoms with Crippen molar-refractivity contribution in [2.24, 2.45) is 11.3 Å². The molecule has 0 saturated carbocycles. The van der Waals surface area contributed by atoms with Gasteiger partial charge in [-0.3, -0.25) is 9.59 Å². The number of hydrogen-bond acceptors (Lipinski definition) is 3. The van der Waals surface area contributed by atoms with E-state index in [2.05, 4.69) is 12.2 Å². The normalized spacial score (nSPS) is 13.1. The van der Waals surface area contributed by atoms with Gasteiger partial charge in [0.1, 0.15) is 5.92 Å². The molecule has 0 aliphatic rings. The monoisotopic (exact) mass is 259 g/mol. The Morgan fingerprint density at radius 2 is 1.89 bits per heavy atom. The molecular formula is C13H25NO4. The lowest BCUT2D eigenvalue weighted by molar-refractivity contribution is -0.151. The second-order valence-corrected chi connectivity index (χ2v) is 5.39. The lowest BCUT2D eigenvalue weighted by atomic mass is 9.80. The van der Waals surface area contributed by atoms with Gasteiger partial charge in [-0.15, -0.1) is 0 Å². The summed E-state index contributed by atoms with van der Waals surface area (Å²) >= 11 is 0. The Morgan fingerprint density at radius 3 is 2.33 bits per heavy atom. The van der Waals surface area contributed by atoms with Crippen LogP contribution in [0.1, 0.15) is 40.5 Å². The minimum atomic E-state index is -1.09. The van der Waals surface area contributed by atoms with Crippen molar-refractivity contribution < 1.29 is 19.4 Å². The molecule has 0 saturated heterocycles. The fraction of sp³-hybridized carbons (Fsp3) is 0.846. The van der Waals surface area contributed by atoms with Crippen LogP contribution in [0.4, 0.5) is 0 Å². The number of carbonyl (C=O) groups excluding carboxylic acids is 1. The molecule has 0 heterocycles. The zero-order chi connectivity index (χ0) is 14.2. The predicted molar refractivity (Wildman–Crippen MR) is 69.3 cm³/mol. The molecule has 0 fully saturated rings. The van der Waals surface area contributed by atoms with Crippen LogP contribution in [0.3, 0.4) is 0 Å². The third-order valence-corrected chi connectivity index (χ3v) is 2.56. The van der Waals surface area contributed by atoms with E-state index in [9.17, 15) is 9.59 Å². The summed E-state index contributed by atoms with van der Waals surface area (Å²) in [6, 6.07) is 0. The highest BCUT2D eigenvalue weighted by atomic mass is 16.5. The molecule has 2 N–H and O–H groups in total. The van der Waals surface area contributed by atoms with Crippen molar-refractivity contribution in [3.63, 3.8) is 0 Å². The molecule has 0 aliphatic carbocycles. The van der Waals surface area contributed by atoms with Crippen LogP contribution in [0.5, 0.6) is 0 Å². The van der Waals surface area contributed by atoms with Crippen LogP contribution in [-0.2, 0) is 14.3 Å². The van der Waals surface area contributed by atoms with Gasteiger partial charge >= 0.3 is 5.97 Å². The molecule has 0 aromatic rings. The first kappa shape index (κ1) is 16.9. The van der Waals surface area contributed by atoms with Crippen LogP contribution in [0.25, 0.3) is 0 Å². The summed E-state index contributed by atoms with van der Waals surface area (Å²) in [7, 11) is 0. The Bertz CT molecular complexity index is 271. The van der Waals surface area contributed by atoms with Gasteiger partial charge in [-0.2, -0.15) is 0 Å². The molecule has 0 bridgehead atoms. The number of rotatable bonds is 8. The Kier molecular flexibility index (Phi) is 7.59. The zero-order valence-electron chi connectivity index (χ0n) is 11.8. The first-order chi connectivity index (χ1) is 8.30. The summed E-state index contributed by atoms with van der Waals surface area (Å²) in [5.41, 5.74) is -0.598. The molecule has 0 rings (SSSR count). The van der Waals surface area contributed by atoms with E-state index in [1.54, 1.807) is 20.8 Å².